The minimum absolute atomic E-state index is 0.0131. The second-order valence-electron chi connectivity index (χ2n) is 3.38. The number of hydrogen-bond acceptors (Lipinski definition) is 5. The molecule has 1 aromatic heterocycles. The SMILES string of the molecule is COC(=O)c1sc(Nc2ccc(F)c(Cl)c2)nc1Cl. The van der Waals surface area contributed by atoms with Gasteiger partial charge >= 0.3 is 5.97 Å². The summed E-state index contributed by atoms with van der Waals surface area (Å²) >= 11 is 12.5. The van der Waals surface area contributed by atoms with Gasteiger partial charge in [-0.15, -0.1) is 0 Å². The molecule has 0 saturated heterocycles. The third-order valence-corrected chi connectivity index (χ3v) is 3.75. The van der Waals surface area contributed by atoms with Crippen LogP contribution in [0.3, 0.4) is 0 Å². The molecule has 0 spiro atoms. The molecule has 1 aromatic carbocycles. The van der Waals surface area contributed by atoms with Crippen LogP contribution in [0.5, 0.6) is 0 Å². The summed E-state index contributed by atoms with van der Waals surface area (Å²) in [6, 6.07) is 4.12. The second-order valence-corrected chi connectivity index (χ2v) is 5.15. The van der Waals surface area contributed by atoms with Crippen molar-refractivity contribution < 1.29 is 13.9 Å². The minimum Gasteiger partial charge on any atom is -0.465 e. The van der Waals surface area contributed by atoms with Crippen LogP contribution < -0.4 is 5.32 Å². The molecule has 0 radical (unpaired) electrons. The van der Waals surface area contributed by atoms with Crippen molar-refractivity contribution in [2.45, 2.75) is 0 Å². The Hall–Kier alpha value is -1.37. The Morgan fingerprint density at radius 3 is 2.84 bits per heavy atom. The molecule has 0 atom stereocenters. The van der Waals surface area contributed by atoms with Gasteiger partial charge in [0.2, 0.25) is 0 Å². The van der Waals surface area contributed by atoms with E-state index < -0.39 is 11.8 Å². The Kier molecular flexibility index (Phi) is 4.24. The maximum atomic E-state index is 13.0. The minimum atomic E-state index is -0.562. The number of nitrogens with zero attached hydrogens (tertiary/aromatic N) is 1. The highest BCUT2D eigenvalue weighted by Crippen LogP contribution is 2.30. The van der Waals surface area contributed by atoms with Crippen LogP contribution in [0.4, 0.5) is 15.2 Å². The van der Waals surface area contributed by atoms with Crippen LogP contribution in [-0.2, 0) is 4.74 Å². The summed E-state index contributed by atoms with van der Waals surface area (Å²) in [6.07, 6.45) is 0. The van der Waals surface area contributed by atoms with Crippen LogP contribution in [0.2, 0.25) is 10.2 Å². The number of halogens is 3. The number of anilines is 2. The van der Waals surface area contributed by atoms with Crippen LogP contribution in [0.25, 0.3) is 0 Å². The molecule has 1 N–H and O–H groups in total. The van der Waals surface area contributed by atoms with Crippen molar-refractivity contribution in [3.8, 4) is 0 Å². The lowest BCUT2D eigenvalue weighted by Crippen LogP contribution is -1.98. The first-order valence-corrected chi connectivity index (χ1v) is 6.55. The smallest absolute Gasteiger partial charge is 0.351 e. The number of esters is 1. The van der Waals surface area contributed by atoms with Gasteiger partial charge < -0.3 is 10.1 Å². The van der Waals surface area contributed by atoms with E-state index in [1.54, 1.807) is 0 Å². The van der Waals surface area contributed by atoms with E-state index in [0.29, 0.717) is 10.8 Å². The first kappa shape index (κ1) is 14.0. The number of carbonyl (C=O) groups excluding carboxylic acids is 1. The van der Waals surface area contributed by atoms with Gasteiger partial charge in [-0.2, -0.15) is 0 Å². The standard InChI is InChI=1S/C11H7Cl2FN2O2S/c1-18-10(17)8-9(13)16-11(19-8)15-5-2-3-7(14)6(12)4-5/h2-4H,1H3,(H,15,16). The van der Waals surface area contributed by atoms with Gasteiger partial charge in [-0.25, -0.2) is 14.2 Å². The fourth-order valence-corrected chi connectivity index (χ4v) is 2.57. The fourth-order valence-electron chi connectivity index (χ4n) is 1.27. The molecule has 0 aliphatic rings. The molecule has 0 bridgehead atoms. The van der Waals surface area contributed by atoms with Crippen molar-refractivity contribution in [3.05, 3.63) is 39.1 Å². The Labute approximate surface area is 122 Å². The van der Waals surface area contributed by atoms with Crippen LogP contribution in [-0.4, -0.2) is 18.1 Å². The Balaban J connectivity index is 2.24. The topological polar surface area (TPSA) is 51.2 Å². The summed E-state index contributed by atoms with van der Waals surface area (Å²) in [5.74, 6) is -1.08. The summed E-state index contributed by atoms with van der Waals surface area (Å²) in [5, 5.41) is 3.29. The predicted molar refractivity (Wildman–Crippen MR) is 73.2 cm³/mol. The quantitative estimate of drug-likeness (QED) is 0.864. The lowest BCUT2D eigenvalue weighted by atomic mass is 10.3. The van der Waals surface area contributed by atoms with Gasteiger partial charge in [-0.05, 0) is 18.2 Å². The van der Waals surface area contributed by atoms with E-state index in [1.807, 2.05) is 0 Å². The van der Waals surface area contributed by atoms with Gasteiger partial charge in [0.25, 0.3) is 0 Å². The highest BCUT2D eigenvalue weighted by Gasteiger charge is 2.17. The molecule has 0 saturated carbocycles. The van der Waals surface area contributed by atoms with Crippen molar-refractivity contribution in [1.29, 1.82) is 0 Å². The zero-order chi connectivity index (χ0) is 14.0. The number of benzene rings is 1. The maximum Gasteiger partial charge on any atom is 0.351 e. The number of nitrogens with one attached hydrogen (secondary N) is 1. The monoisotopic (exact) mass is 320 g/mol. The molecule has 2 rings (SSSR count). The molecule has 19 heavy (non-hydrogen) atoms. The number of ether oxygens (including phenoxy) is 1. The number of thiazole rings is 1. The maximum absolute atomic E-state index is 13.0. The number of hydrogen-bond donors (Lipinski definition) is 1. The van der Waals surface area contributed by atoms with Crippen molar-refractivity contribution in [2.24, 2.45) is 0 Å². The first-order valence-electron chi connectivity index (χ1n) is 4.98. The average molecular weight is 321 g/mol. The summed E-state index contributed by atoms with van der Waals surface area (Å²) in [7, 11) is 1.26. The predicted octanol–water partition coefficient (Wildman–Crippen LogP) is 4.12. The van der Waals surface area contributed by atoms with Crippen molar-refractivity contribution >= 4 is 51.3 Å². The molecule has 0 amide bonds. The highest BCUT2D eigenvalue weighted by molar-refractivity contribution is 7.18. The lowest BCUT2D eigenvalue weighted by molar-refractivity contribution is 0.0606. The Morgan fingerprint density at radius 2 is 2.21 bits per heavy atom. The molecule has 0 aliphatic heterocycles. The first-order chi connectivity index (χ1) is 9.01. The zero-order valence-electron chi connectivity index (χ0n) is 9.54. The van der Waals surface area contributed by atoms with E-state index in [9.17, 15) is 9.18 Å². The van der Waals surface area contributed by atoms with E-state index >= 15 is 0 Å². The van der Waals surface area contributed by atoms with Gasteiger partial charge in [0.05, 0.1) is 12.1 Å². The van der Waals surface area contributed by atoms with E-state index in [4.69, 9.17) is 23.2 Å². The van der Waals surface area contributed by atoms with E-state index in [2.05, 4.69) is 15.0 Å². The van der Waals surface area contributed by atoms with Crippen LogP contribution in [0.15, 0.2) is 18.2 Å². The summed E-state index contributed by atoms with van der Waals surface area (Å²) in [6.45, 7) is 0. The highest BCUT2D eigenvalue weighted by atomic mass is 35.5. The normalized spacial score (nSPS) is 10.3. The van der Waals surface area contributed by atoms with Crippen molar-refractivity contribution in [2.75, 3.05) is 12.4 Å². The van der Waals surface area contributed by atoms with Crippen molar-refractivity contribution in [1.82, 2.24) is 4.98 Å². The molecular weight excluding hydrogens is 314 g/mol. The number of methoxy groups -OCH3 is 1. The number of carbonyl (C=O) groups is 1. The van der Waals surface area contributed by atoms with E-state index in [-0.39, 0.29) is 15.1 Å². The largest absolute Gasteiger partial charge is 0.465 e. The van der Waals surface area contributed by atoms with E-state index in [0.717, 1.165) is 11.3 Å². The molecule has 0 unspecified atom stereocenters. The Morgan fingerprint density at radius 1 is 1.47 bits per heavy atom. The van der Waals surface area contributed by atoms with Gasteiger partial charge in [0, 0.05) is 5.69 Å². The average Bonchev–Trinajstić information content (AvgIpc) is 2.74. The summed E-state index contributed by atoms with van der Waals surface area (Å²) in [4.78, 5) is 15.5. The summed E-state index contributed by atoms with van der Waals surface area (Å²) < 4.78 is 17.6. The van der Waals surface area contributed by atoms with E-state index in [1.165, 1.54) is 25.3 Å². The summed E-state index contributed by atoms with van der Waals surface area (Å²) in [5.41, 5.74) is 0.535. The van der Waals surface area contributed by atoms with Gasteiger partial charge in [-0.1, -0.05) is 34.5 Å². The van der Waals surface area contributed by atoms with Gasteiger partial charge in [0.15, 0.2) is 15.2 Å². The third kappa shape index (κ3) is 3.15. The van der Waals surface area contributed by atoms with Crippen LogP contribution in [0.1, 0.15) is 9.67 Å². The fraction of sp³-hybridized carbons (Fsp3) is 0.0909. The molecule has 4 nitrogen and oxygen atoms in total. The number of aromatic nitrogens is 1. The van der Waals surface area contributed by atoms with Crippen LogP contribution in [0, 0.1) is 5.82 Å². The third-order valence-electron chi connectivity index (χ3n) is 2.13. The number of rotatable bonds is 3. The molecule has 1 heterocycles. The zero-order valence-corrected chi connectivity index (χ0v) is 11.9. The molecule has 2 aromatic rings. The molecular formula is C11H7Cl2FN2O2S. The van der Waals surface area contributed by atoms with Gasteiger partial charge in [0.1, 0.15) is 5.82 Å². The lowest BCUT2D eigenvalue weighted by Gasteiger charge is -2.02. The molecule has 0 aliphatic carbocycles. The van der Waals surface area contributed by atoms with Crippen LogP contribution >= 0.6 is 34.5 Å². The second kappa shape index (κ2) is 5.73. The van der Waals surface area contributed by atoms with Gasteiger partial charge in [-0.3, -0.25) is 0 Å². The molecule has 100 valence electrons. The molecule has 8 heteroatoms. The Bertz CT molecular complexity index is 633. The molecule has 0 fully saturated rings. The van der Waals surface area contributed by atoms with Crippen molar-refractivity contribution in [3.63, 3.8) is 0 Å².